The fourth-order valence-electron chi connectivity index (χ4n) is 1.10. The van der Waals surface area contributed by atoms with Crippen LogP contribution in [0.3, 0.4) is 0 Å². The highest BCUT2D eigenvalue weighted by molar-refractivity contribution is 5.73. The molecule has 2 rings (SSSR count). The molecule has 0 aliphatic carbocycles. The van der Waals surface area contributed by atoms with Crippen LogP contribution in [0.4, 0.5) is 0 Å². The SMILES string of the molecule is NC1=C2N=CC=CN2C=CC=C1. The summed E-state index contributed by atoms with van der Waals surface area (Å²) in [5, 5.41) is 0. The molecule has 0 amide bonds. The van der Waals surface area contributed by atoms with Gasteiger partial charge in [0, 0.05) is 18.6 Å². The van der Waals surface area contributed by atoms with Crippen molar-refractivity contribution >= 4 is 6.21 Å². The molecule has 0 aromatic heterocycles. The second kappa shape index (κ2) is 2.70. The lowest BCUT2D eigenvalue weighted by Crippen LogP contribution is -2.14. The standard InChI is InChI=1S/C9H9N3/c10-8-4-1-2-6-12-7-3-5-11-9(8)12/h1-7H,10H2. The summed E-state index contributed by atoms with van der Waals surface area (Å²) in [5.41, 5.74) is 6.43. The first kappa shape index (κ1) is 6.91. The van der Waals surface area contributed by atoms with Gasteiger partial charge in [0.1, 0.15) is 0 Å². The first-order chi connectivity index (χ1) is 5.88. The second-order valence-electron chi connectivity index (χ2n) is 2.51. The van der Waals surface area contributed by atoms with Crippen molar-refractivity contribution in [2.75, 3.05) is 0 Å². The van der Waals surface area contributed by atoms with Crippen molar-refractivity contribution < 1.29 is 0 Å². The van der Waals surface area contributed by atoms with Crippen LogP contribution in [-0.4, -0.2) is 11.1 Å². The third kappa shape index (κ3) is 1.05. The summed E-state index contributed by atoms with van der Waals surface area (Å²) < 4.78 is 0. The average Bonchev–Trinajstić information content (AvgIpc) is 2.29. The Bertz CT molecular complexity index is 332. The van der Waals surface area contributed by atoms with Crippen LogP contribution in [-0.2, 0) is 0 Å². The molecule has 0 bridgehead atoms. The molecule has 0 fully saturated rings. The van der Waals surface area contributed by atoms with Gasteiger partial charge in [-0.25, -0.2) is 4.99 Å². The highest BCUT2D eigenvalue weighted by atomic mass is 15.2. The number of hydrogen-bond donors (Lipinski definition) is 1. The van der Waals surface area contributed by atoms with Gasteiger partial charge in [-0.1, -0.05) is 6.08 Å². The molecule has 2 aliphatic rings. The Balaban J connectivity index is 2.48. The van der Waals surface area contributed by atoms with Gasteiger partial charge in [-0.2, -0.15) is 0 Å². The normalized spacial score (nSPS) is 19.8. The molecule has 3 nitrogen and oxygen atoms in total. The van der Waals surface area contributed by atoms with E-state index >= 15 is 0 Å². The van der Waals surface area contributed by atoms with E-state index in [9.17, 15) is 0 Å². The van der Waals surface area contributed by atoms with Crippen molar-refractivity contribution in [2.45, 2.75) is 0 Å². The third-order valence-corrected chi connectivity index (χ3v) is 1.67. The zero-order valence-electron chi connectivity index (χ0n) is 6.51. The van der Waals surface area contributed by atoms with Crippen molar-refractivity contribution in [3.05, 3.63) is 48.2 Å². The molecule has 0 aromatic carbocycles. The molecule has 2 N–H and O–H groups in total. The Morgan fingerprint density at radius 3 is 2.92 bits per heavy atom. The number of allylic oxidation sites excluding steroid dienone is 4. The predicted octanol–water partition coefficient (Wildman–Crippen LogP) is 1.10. The molecule has 0 unspecified atom stereocenters. The van der Waals surface area contributed by atoms with Crippen molar-refractivity contribution in [1.82, 2.24) is 4.90 Å². The monoisotopic (exact) mass is 159 g/mol. The smallest absolute Gasteiger partial charge is 0.159 e. The second-order valence-corrected chi connectivity index (χ2v) is 2.51. The molecule has 0 spiro atoms. The van der Waals surface area contributed by atoms with Gasteiger partial charge in [0.25, 0.3) is 0 Å². The van der Waals surface area contributed by atoms with Crippen molar-refractivity contribution in [3.8, 4) is 0 Å². The van der Waals surface area contributed by atoms with E-state index in [0.717, 1.165) is 5.82 Å². The van der Waals surface area contributed by atoms with Gasteiger partial charge in [0.05, 0.1) is 5.70 Å². The molecule has 0 saturated carbocycles. The van der Waals surface area contributed by atoms with Gasteiger partial charge in [0.15, 0.2) is 5.82 Å². The van der Waals surface area contributed by atoms with E-state index in [2.05, 4.69) is 4.99 Å². The summed E-state index contributed by atoms with van der Waals surface area (Å²) in [7, 11) is 0. The minimum Gasteiger partial charge on any atom is -0.396 e. The van der Waals surface area contributed by atoms with Crippen LogP contribution in [0.5, 0.6) is 0 Å². The summed E-state index contributed by atoms with van der Waals surface area (Å²) in [6.07, 6.45) is 13.1. The van der Waals surface area contributed by atoms with Crippen LogP contribution in [0, 0.1) is 0 Å². The number of fused-ring (bicyclic) bond motifs is 1. The lowest BCUT2D eigenvalue weighted by atomic mass is 10.4. The minimum atomic E-state index is 0.681. The molecular formula is C9H9N3. The summed E-state index contributed by atoms with van der Waals surface area (Å²) in [6.45, 7) is 0. The van der Waals surface area contributed by atoms with E-state index in [1.807, 2.05) is 41.6 Å². The first-order valence-corrected chi connectivity index (χ1v) is 3.72. The third-order valence-electron chi connectivity index (χ3n) is 1.67. The number of aliphatic imine (C=N–C) groups is 1. The highest BCUT2D eigenvalue weighted by Crippen LogP contribution is 2.16. The molecule has 2 heterocycles. The fraction of sp³-hybridized carbons (Fsp3) is 0. The average molecular weight is 159 g/mol. The van der Waals surface area contributed by atoms with E-state index in [0.29, 0.717) is 5.70 Å². The maximum absolute atomic E-state index is 5.75. The van der Waals surface area contributed by atoms with Crippen LogP contribution in [0.1, 0.15) is 0 Å². The lowest BCUT2D eigenvalue weighted by Gasteiger charge is -2.17. The lowest BCUT2D eigenvalue weighted by molar-refractivity contribution is 0.610. The van der Waals surface area contributed by atoms with Gasteiger partial charge in [-0.15, -0.1) is 0 Å². The van der Waals surface area contributed by atoms with Crippen molar-refractivity contribution in [1.29, 1.82) is 0 Å². The van der Waals surface area contributed by atoms with E-state index in [-0.39, 0.29) is 0 Å². The number of rotatable bonds is 0. The molecule has 2 aliphatic heterocycles. The molecular weight excluding hydrogens is 150 g/mol. The predicted molar refractivity (Wildman–Crippen MR) is 49.0 cm³/mol. The summed E-state index contributed by atoms with van der Waals surface area (Å²) in [6, 6.07) is 0. The van der Waals surface area contributed by atoms with Crippen LogP contribution in [0.25, 0.3) is 0 Å². The molecule has 0 atom stereocenters. The minimum absolute atomic E-state index is 0.681. The Labute approximate surface area is 70.9 Å². The number of nitrogens with zero attached hydrogens (tertiary/aromatic N) is 2. The van der Waals surface area contributed by atoms with E-state index in [1.165, 1.54) is 0 Å². The van der Waals surface area contributed by atoms with Gasteiger partial charge in [-0.3, -0.25) is 0 Å². The van der Waals surface area contributed by atoms with Gasteiger partial charge >= 0.3 is 0 Å². The van der Waals surface area contributed by atoms with Gasteiger partial charge in [0.2, 0.25) is 0 Å². The Hall–Kier alpha value is -1.77. The topological polar surface area (TPSA) is 41.6 Å². The van der Waals surface area contributed by atoms with Gasteiger partial charge < -0.3 is 10.6 Å². The molecule has 3 heteroatoms. The first-order valence-electron chi connectivity index (χ1n) is 3.72. The molecule has 60 valence electrons. The van der Waals surface area contributed by atoms with E-state index in [4.69, 9.17) is 5.73 Å². The summed E-state index contributed by atoms with van der Waals surface area (Å²) >= 11 is 0. The van der Waals surface area contributed by atoms with Gasteiger partial charge in [-0.05, 0) is 18.2 Å². The van der Waals surface area contributed by atoms with Crippen molar-refractivity contribution in [2.24, 2.45) is 10.7 Å². The molecule has 0 radical (unpaired) electrons. The Kier molecular flexibility index (Phi) is 1.55. The quantitative estimate of drug-likeness (QED) is 0.575. The maximum Gasteiger partial charge on any atom is 0.159 e. The highest BCUT2D eigenvalue weighted by Gasteiger charge is 2.08. The van der Waals surface area contributed by atoms with Crippen LogP contribution in [0.15, 0.2) is 53.2 Å². The fourth-order valence-corrected chi connectivity index (χ4v) is 1.10. The zero-order chi connectivity index (χ0) is 8.39. The van der Waals surface area contributed by atoms with Crippen molar-refractivity contribution in [3.63, 3.8) is 0 Å². The summed E-state index contributed by atoms with van der Waals surface area (Å²) in [5.74, 6) is 0.780. The Morgan fingerprint density at radius 1 is 1.17 bits per heavy atom. The number of nitrogens with two attached hydrogens (primary N) is 1. The molecule has 0 aromatic rings. The van der Waals surface area contributed by atoms with Crippen LogP contribution >= 0.6 is 0 Å². The van der Waals surface area contributed by atoms with Crippen LogP contribution in [0.2, 0.25) is 0 Å². The largest absolute Gasteiger partial charge is 0.396 e. The molecule has 0 saturated heterocycles. The van der Waals surface area contributed by atoms with Crippen LogP contribution < -0.4 is 5.73 Å². The molecule has 12 heavy (non-hydrogen) atoms. The summed E-state index contributed by atoms with van der Waals surface area (Å²) in [4.78, 5) is 6.04. The Morgan fingerprint density at radius 2 is 2.00 bits per heavy atom. The van der Waals surface area contributed by atoms with E-state index < -0.39 is 0 Å². The zero-order valence-corrected chi connectivity index (χ0v) is 6.51. The van der Waals surface area contributed by atoms with E-state index in [1.54, 1.807) is 6.21 Å². The maximum atomic E-state index is 5.75. The number of hydrogen-bond acceptors (Lipinski definition) is 3.